The minimum atomic E-state index is 0.0229. The van der Waals surface area contributed by atoms with Gasteiger partial charge in [-0.25, -0.2) is 0 Å². The molecule has 0 N–H and O–H groups in total. The van der Waals surface area contributed by atoms with Crippen molar-refractivity contribution in [1.29, 1.82) is 0 Å². The van der Waals surface area contributed by atoms with E-state index in [-0.39, 0.29) is 12.5 Å². The smallest absolute Gasteiger partial charge is 0.260 e. The lowest BCUT2D eigenvalue weighted by molar-refractivity contribution is -0.134. The van der Waals surface area contributed by atoms with Gasteiger partial charge in [-0.2, -0.15) is 4.98 Å². The summed E-state index contributed by atoms with van der Waals surface area (Å²) in [5.41, 5.74) is 1.57. The van der Waals surface area contributed by atoms with Crippen molar-refractivity contribution in [3.05, 3.63) is 48.5 Å². The molecular weight excluding hydrogens is 370 g/mol. The number of aromatic nitrogens is 2. The Morgan fingerprint density at radius 2 is 1.83 bits per heavy atom. The van der Waals surface area contributed by atoms with Crippen LogP contribution in [0.4, 0.5) is 0 Å². The van der Waals surface area contributed by atoms with E-state index in [1.54, 1.807) is 13.2 Å². The maximum absolute atomic E-state index is 12.3. The molecule has 0 bridgehead atoms. The first-order valence-corrected chi connectivity index (χ1v) is 9.72. The molecule has 1 aromatic heterocycles. The highest BCUT2D eigenvalue weighted by Gasteiger charge is 2.17. The third-order valence-corrected chi connectivity index (χ3v) is 4.93. The van der Waals surface area contributed by atoms with Crippen molar-refractivity contribution in [3.63, 3.8) is 0 Å². The molecule has 2 heterocycles. The van der Waals surface area contributed by atoms with Crippen molar-refractivity contribution in [2.24, 2.45) is 0 Å². The molecule has 3 aromatic rings. The lowest BCUT2D eigenvalue weighted by Gasteiger charge is -2.26. The summed E-state index contributed by atoms with van der Waals surface area (Å²) in [6, 6.07) is 14.8. The van der Waals surface area contributed by atoms with E-state index in [4.69, 9.17) is 14.0 Å². The van der Waals surface area contributed by atoms with E-state index in [9.17, 15) is 4.79 Å². The van der Waals surface area contributed by atoms with E-state index in [2.05, 4.69) is 10.1 Å². The number of amides is 1. The van der Waals surface area contributed by atoms with Crippen LogP contribution in [0.15, 0.2) is 53.1 Å². The molecule has 1 amide bonds. The first-order chi connectivity index (χ1) is 14.2. The van der Waals surface area contributed by atoms with E-state index in [1.807, 2.05) is 47.4 Å². The van der Waals surface area contributed by atoms with Crippen LogP contribution in [0.3, 0.4) is 0 Å². The fourth-order valence-electron chi connectivity index (χ4n) is 3.30. The van der Waals surface area contributed by atoms with Crippen LogP contribution in [-0.4, -0.2) is 47.8 Å². The molecule has 0 unspecified atom stereocenters. The van der Waals surface area contributed by atoms with Crippen LogP contribution in [0, 0.1) is 0 Å². The van der Waals surface area contributed by atoms with Gasteiger partial charge < -0.3 is 18.9 Å². The summed E-state index contributed by atoms with van der Waals surface area (Å²) in [5, 5.41) is 4.05. The monoisotopic (exact) mass is 393 g/mol. The Bertz CT molecular complexity index is 962. The Hall–Kier alpha value is -3.35. The van der Waals surface area contributed by atoms with Gasteiger partial charge in [0.25, 0.3) is 11.8 Å². The van der Waals surface area contributed by atoms with Gasteiger partial charge in [0.05, 0.1) is 7.11 Å². The van der Waals surface area contributed by atoms with Gasteiger partial charge in [0.1, 0.15) is 11.5 Å². The normalized spacial score (nSPS) is 13.9. The Labute approximate surface area is 169 Å². The number of hydrogen-bond donors (Lipinski definition) is 0. The highest BCUT2D eigenvalue weighted by Crippen LogP contribution is 2.26. The minimum Gasteiger partial charge on any atom is -0.497 e. The largest absolute Gasteiger partial charge is 0.497 e. The van der Waals surface area contributed by atoms with Gasteiger partial charge in [0.2, 0.25) is 5.82 Å². The second-order valence-electron chi connectivity index (χ2n) is 6.91. The van der Waals surface area contributed by atoms with Gasteiger partial charge in [0.15, 0.2) is 6.61 Å². The van der Waals surface area contributed by atoms with E-state index >= 15 is 0 Å². The summed E-state index contributed by atoms with van der Waals surface area (Å²) < 4.78 is 16.3. The van der Waals surface area contributed by atoms with Gasteiger partial charge in [0, 0.05) is 24.2 Å². The molecule has 0 saturated carbocycles. The SMILES string of the molecule is COc1ccc(-c2noc(-c3cccc(OCC(=O)N4CCCCC4)c3)n2)cc1. The molecule has 0 aliphatic carbocycles. The van der Waals surface area contributed by atoms with E-state index in [1.165, 1.54) is 6.42 Å². The molecule has 1 aliphatic heterocycles. The fraction of sp³-hybridized carbons (Fsp3) is 0.318. The van der Waals surface area contributed by atoms with Gasteiger partial charge >= 0.3 is 0 Å². The molecule has 1 aliphatic rings. The Morgan fingerprint density at radius 3 is 2.59 bits per heavy atom. The van der Waals surface area contributed by atoms with Gasteiger partial charge in [-0.05, 0) is 61.7 Å². The zero-order chi connectivity index (χ0) is 20.1. The number of ether oxygens (including phenoxy) is 2. The third kappa shape index (κ3) is 4.56. The summed E-state index contributed by atoms with van der Waals surface area (Å²) in [6.45, 7) is 1.67. The molecule has 29 heavy (non-hydrogen) atoms. The van der Waals surface area contributed by atoms with Crippen LogP contribution in [0.25, 0.3) is 22.8 Å². The van der Waals surface area contributed by atoms with Crippen molar-refractivity contribution < 1.29 is 18.8 Å². The molecule has 0 spiro atoms. The number of nitrogens with zero attached hydrogens (tertiary/aromatic N) is 3. The predicted octanol–water partition coefficient (Wildman–Crippen LogP) is 3.80. The number of rotatable bonds is 6. The fourth-order valence-corrected chi connectivity index (χ4v) is 3.30. The van der Waals surface area contributed by atoms with Gasteiger partial charge in [-0.3, -0.25) is 4.79 Å². The average molecular weight is 393 g/mol. The molecular formula is C22H23N3O4. The Morgan fingerprint density at radius 1 is 1.03 bits per heavy atom. The van der Waals surface area contributed by atoms with Crippen LogP contribution in [0.1, 0.15) is 19.3 Å². The maximum atomic E-state index is 12.3. The number of carbonyl (C=O) groups is 1. The van der Waals surface area contributed by atoms with Crippen molar-refractivity contribution in [3.8, 4) is 34.3 Å². The minimum absolute atomic E-state index is 0.0229. The number of likely N-dealkylation sites (tertiary alicyclic amines) is 1. The van der Waals surface area contributed by atoms with E-state index in [0.717, 1.165) is 42.8 Å². The third-order valence-electron chi connectivity index (χ3n) is 4.93. The molecule has 2 aromatic carbocycles. The van der Waals surface area contributed by atoms with Crippen LogP contribution < -0.4 is 9.47 Å². The standard InChI is InChI=1S/C22H23N3O4/c1-27-18-10-8-16(9-11-18)21-23-22(29-24-21)17-6-5-7-19(14-17)28-15-20(26)25-12-3-2-4-13-25/h5-11,14H,2-4,12-13,15H2,1H3. The van der Waals surface area contributed by atoms with Gasteiger partial charge in [-0.15, -0.1) is 0 Å². The predicted molar refractivity (Wildman–Crippen MR) is 108 cm³/mol. The molecule has 150 valence electrons. The lowest BCUT2D eigenvalue weighted by atomic mass is 10.1. The molecule has 0 atom stereocenters. The van der Waals surface area contributed by atoms with E-state index < -0.39 is 0 Å². The van der Waals surface area contributed by atoms with Crippen LogP contribution in [-0.2, 0) is 4.79 Å². The van der Waals surface area contributed by atoms with Crippen LogP contribution >= 0.6 is 0 Å². The van der Waals surface area contributed by atoms with Crippen molar-refractivity contribution in [1.82, 2.24) is 15.0 Å². The summed E-state index contributed by atoms with van der Waals surface area (Å²) in [7, 11) is 1.62. The molecule has 4 rings (SSSR count). The van der Waals surface area contributed by atoms with Crippen LogP contribution in [0.5, 0.6) is 11.5 Å². The maximum Gasteiger partial charge on any atom is 0.260 e. The van der Waals surface area contributed by atoms with Crippen molar-refractivity contribution >= 4 is 5.91 Å². The average Bonchev–Trinajstić information content (AvgIpc) is 3.29. The molecule has 7 nitrogen and oxygen atoms in total. The summed E-state index contributed by atoms with van der Waals surface area (Å²) in [6.07, 6.45) is 3.32. The Kier molecular flexibility index (Phi) is 5.74. The summed E-state index contributed by atoms with van der Waals surface area (Å²) in [5.74, 6) is 2.27. The number of methoxy groups -OCH3 is 1. The summed E-state index contributed by atoms with van der Waals surface area (Å²) in [4.78, 5) is 18.6. The molecule has 1 fully saturated rings. The molecule has 1 saturated heterocycles. The molecule has 7 heteroatoms. The zero-order valence-corrected chi connectivity index (χ0v) is 16.3. The first kappa shape index (κ1) is 19.0. The number of carbonyl (C=O) groups excluding carboxylic acids is 1. The Balaban J connectivity index is 1.43. The number of benzene rings is 2. The molecule has 0 radical (unpaired) electrons. The highest BCUT2D eigenvalue weighted by atomic mass is 16.5. The number of hydrogen-bond acceptors (Lipinski definition) is 6. The zero-order valence-electron chi connectivity index (χ0n) is 16.3. The van der Waals surface area contributed by atoms with E-state index in [0.29, 0.717) is 17.5 Å². The second kappa shape index (κ2) is 8.77. The van der Waals surface area contributed by atoms with Crippen molar-refractivity contribution in [2.45, 2.75) is 19.3 Å². The topological polar surface area (TPSA) is 77.7 Å². The van der Waals surface area contributed by atoms with Crippen molar-refractivity contribution in [2.75, 3.05) is 26.8 Å². The first-order valence-electron chi connectivity index (χ1n) is 9.72. The lowest BCUT2D eigenvalue weighted by Crippen LogP contribution is -2.38. The quantitative estimate of drug-likeness (QED) is 0.634. The van der Waals surface area contributed by atoms with Crippen LogP contribution in [0.2, 0.25) is 0 Å². The second-order valence-corrected chi connectivity index (χ2v) is 6.91. The summed E-state index contributed by atoms with van der Waals surface area (Å²) >= 11 is 0. The van der Waals surface area contributed by atoms with Gasteiger partial charge in [-0.1, -0.05) is 11.2 Å². The number of piperidine rings is 1. The highest BCUT2D eigenvalue weighted by molar-refractivity contribution is 5.78.